The van der Waals surface area contributed by atoms with Crippen LogP contribution < -0.4 is 0 Å². The van der Waals surface area contributed by atoms with Gasteiger partial charge in [-0.3, -0.25) is 0 Å². The van der Waals surface area contributed by atoms with Gasteiger partial charge in [0.05, 0.1) is 12.2 Å². The van der Waals surface area contributed by atoms with Crippen LogP contribution in [-0.2, 0) is 18.5 Å². The van der Waals surface area contributed by atoms with Crippen LogP contribution in [0.3, 0.4) is 0 Å². The molecule has 0 radical (unpaired) electrons. The third-order valence-electron chi connectivity index (χ3n) is 4.55. The molecule has 0 saturated carbocycles. The molecule has 2 aliphatic rings. The summed E-state index contributed by atoms with van der Waals surface area (Å²) in [5.74, 6) is 0. The lowest BCUT2D eigenvalue weighted by Crippen LogP contribution is -2.44. The number of ether oxygens (including phenoxy) is 2. The highest BCUT2D eigenvalue weighted by Gasteiger charge is 2.63. The SMILES string of the molecule is [2H]C[C@]12O[C@@H](C)[C@H](O[C@H]1C)[C@@H]2OP(OCC[N+]#[C-])N(C(C)C)C(C)C. The quantitative estimate of drug-likeness (QED) is 0.376. The molecule has 2 aliphatic heterocycles. The molecule has 0 aromatic heterocycles. The highest BCUT2D eigenvalue weighted by molar-refractivity contribution is 7.44. The average Bonchev–Trinajstić information content (AvgIpc) is 2.94. The van der Waals surface area contributed by atoms with Crippen molar-refractivity contribution in [1.82, 2.24) is 4.67 Å². The monoisotopic (exact) mass is 359 g/mol. The Morgan fingerprint density at radius 1 is 1.33 bits per heavy atom. The third kappa shape index (κ3) is 3.77. The van der Waals surface area contributed by atoms with Crippen molar-refractivity contribution in [2.75, 3.05) is 13.2 Å². The largest absolute Gasteiger partial charge is 0.367 e. The number of hydrogen-bond acceptors (Lipinski definition) is 5. The zero-order chi connectivity index (χ0) is 18.8. The van der Waals surface area contributed by atoms with Crippen molar-refractivity contribution in [2.24, 2.45) is 0 Å². The third-order valence-corrected chi connectivity index (χ3v) is 6.66. The predicted octanol–water partition coefficient (Wildman–Crippen LogP) is 3.62. The van der Waals surface area contributed by atoms with E-state index >= 15 is 0 Å². The van der Waals surface area contributed by atoms with Crippen molar-refractivity contribution in [3.05, 3.63) is 11.4 Å². The molecule has 6 atom stereocenters. The summed E-state index contributed by atoms with van der Waals surface area (Å²) in [5, 5.41) is 0. The lowest BCUT2D eigenvalue weighted by Gasteiger charge is -2.38. The lowest BCUT2D eigenvalue weighted by atomic mass is 9.96. The van der Waals surface area contributed by atoms with Gasteiger partial charge in [-0.2, -0.15) is 0 Å². The van der Waals surface area contributed by atoms with Crippen molar-refractivity contribution in [1.29, 1.82) is 0 Å². The second-order valence-electron chi connectivity index (χ2n) is 7.07. The molecule has 138 valence electrons. The molecule has 6 nitrogen and oxygen atoms in total. The summed E-state index contributed by atoms with van der Waals surface area (Å²) in [6.07, 6.45) is -0.786. The molecular formula is C17H31N2O4P. The van der Waals surface area contributed by atoms with Gasteiger partial charge < -0.3 is 23.4 Å². The Balaban J connectivity index is 2.22. The molecule has 0 aromatic carbocycles. The van der Waals surface area contributed by atoms with Crippen LogP contribution >= 0.6 is 8.53 Å². The predicted molar refractivity (Wildman–Crippen MR) is 94.6 cm³/mol. The van der Waals surface area contributed by atoms with Crippen LogP contribution in [0, 0.1) is 6.57 Å². The number of rotatable bonds is 8. The van der Waals surface area contributed by atoms with E-state index in [4.69, 9.17) is 26.5 Å². The fourth-order valence-corrected chi connectivity index (χ4v) is 5.19. The van der Waals surface area contributed by atoms with E-state index in [1.54, 1.807) is 0 Å². The molecule has 1 unspecified atom stereocenters. The van der Waals surface area contributed by atoms with Gasteiger partial charge in [0, 0.05) is 13.5 Å². The van der Waals surface area contributed by atoms with E-state index in [1.165, 1.54) is 0 Å². The highest BCUT2D eigenvalue weighted by Crippen LogP contribution is 2.54. The molecule has 0 aromatic rings. The maximum Gasteiger partial charge on any atom is 0.259 e. The van der Waals surface area contributed by atoms with Gasteiger partial charge >= 0.3 is 0 Å². The van der Waals surface area contributed by atoms with Crippen LogP contribution in [0.25, 0.3) is 4.85 Å². The Morgan fingerprint density at radius 3 is 2.54 bits per heavy atom. The van der Waals surface area contributed by atoms with E-state index in [-0.39, 0.29) is 43.4 Å². The van der Waals surface area contributed by atoms with Crippen LogP contribution in [0.1, 0.15) is 49.8 Å². The minimum atomic E-state index is -1.37. The molecule has 2 heterocycles. The molecule has 0 amide bonds. The molecule has 2 saturated heterocycles. The Kier molecular flexibility index (Phi) is 6.13. The van der Waals surface area contributed by atoms with Crippen LogP contribution in [-0.4, -0.2) is 59.9 Å². The summed E-state index contributed by atoms with van der Waals surface area (Å²) in [5.41, 5.74) is -0.743. The maximum atomic E-state index is 8.04. The molecule has 24 heavy (non-hydrogen) atoms. The van der Waals surface area contributed by atoms with Crippen molar-refractivity contribution in [3.8, 4) is 0 Å². The van der Waals surface area contributed by atoms with Crippen LogP contribution in [0.2, 0.25) is 0 Å². The summed E-state index contributed by atoms with van der Waals surface area (Å²) < 4.78 is 34.8. The van der Waals surface area contributed by atoms with Gasteiger partial charge in [-0.15, -0.1) is 0 Å². The van der Waals surface area contributed by atoms with E-state index in [0.717, 1.165) is 0 Å². The van der Waals surface area contributed by atoms with Gasteiger partial charge in [-0.25, -0.2) is 11.2 Å². The van der Waals surface area contributed by atoms with E-state index < -0.39 is 14.1 Å². The molecule has 2 fully saturated rings. The molecule has 2 bridgehead atoms. The van der Waals surface area contributed by atoms with Crippen LogP contribution in [0.5, 0.6) is 0 Å². The lowest BCUT2D eigenvalue weighted by molar-refractivity contribution is -0.167. The Morgan fingerprint density at radius 2 is 2.00 bits per heavy atom. The van der Waals surface area contributed by atoms with Gasteiger partial charge in [-0.1, -0.05) is 0 Å². The van der Waals surface area contributed by atoms with Gasteiger partial charge in [-0.05, 0) is 48.4 Å². The summed E-state index contributed by atoms with van der Waals surface area (Å²) in [6, 6.07) is 0.475. The number of nitrogens with zero attached hydrogens (tertiary/aromatic N) is 2. The summed E-state index contributed by atoms with van der Waals surface area (Å²) in [6.45, 7) is 20.1. The van der Waals surface area contributed by atoms with Gasteiger partial charge in [0.15, 0.2) is 0 Å². The number of hydrogen-bond donors (Lipinski definition) is 0. The molecular weight excluding hydrogens is 327 g/mol. The number of fused-ring (bicyclic) bond motifs is 2. The van der Waals surface area contributed by atoms with Crippen molar-refractivity contribution < 1.29 is 19.9 Å². The fourth-order valence-electron chi connectivity index (χ4n) is 3.40. The summed E-state index contributed by atoms with van der Waals surface area (Å²) >= 11 is 0. The van der Waals surface area contributed by atoms with Crippen LogP contribution in [0.15, 0.2) is 0 Å². The topological polar surface area (TPSA) is 44.5 Å². The van der Waals surface area contributed by atoms with E-state index in [0.29, 0.717) is 13.2 Å². The average molecular weight is 359 g/mol. The van der Waals surface area contributed by atoms with Gasteiger partial charge in [0.25, 0.3) is 8.53 Å². The minimum absolute atomic E-state index is 0.0915. The van der Waals surface area contributed by atoms with Crippen molar-refractivity contribution >= 4 is 8.53 Å². The Labute approximate surface area is 149 Å². The normalized spacial score (nSPS) is 37.2. The van der Waals surface area contributed by atoms with E-state index in [2.05, 4.69) is 37.2 Å². The molecule has 0 aliphatic carbocycles. The molecule has 0 spiro atoms. The van der Waals surface area contributed by atoms with Gasteiger partial charge in [0.2, 0.25) is 6.54 Å². The van der Waals surface area contributed by atoms with E-state index in [1.807, 2.05) is 13.8 Å². The van der Waals surface area contributed by atoms with Gasteiger partial charge in [0.1, 0.15) is 24.4 Å². The summed E-state index contributed by atoms with van der Waals surface area (Å²) in [4.78, 5) is 3.37. The molecule has 2 rings (SSSR count). The minimum Gasteiger partial charge on any atom is -0.367 e. The summed E-state index contributed by atoms with van der Waals surface area (Å²) in [7, 11) is -1.37. The second kappa shape index (κ2) is 7.95. The highest BCUT2D eigenvalue weighted by atomic mass is 31.2. The fraction of sp³-hybridized carbons (Fsp3) is 0.941. The van der Waals surface area contributed by atoms with Crippen molar-refractivity contribution in [2.45, 2.75) is 90.5 Å². The zero-order valence-electron chi connectivity index (χ0n) is 16.6. The smallest absolute Gasteiger partial charge is 0.259 e. The maximum absolute atomic E-state index is 8.04. The molecule has 7 heteroatoms. The second-order valence-corrected chi connectivity index (χ2v) is 8.47. The Bertz CT molecular complexity index is 482. The van der Waals surface area contributed by atoms with Crippen LogP contribution in [0.4, 0.5) is 0 Å². The zero-order valence-corrected chi connectivity index (χ0v) is 16.5. The first kappa shape index (κ1) is 18.5. The van der Waals surface area contributed by atoms with E-state index in [9.17, 15) is 0 Å². The molecule has 0 N–H and O–H groups in total. The standard InChI is InChI=1S/C17H31N2O4P/c1-11(2)19(12(3)4)24(20-10-9-18-8)23-16-15-13(5)22-17(16,7)14(6)21-15/h11-16H,9-10H2,1-7H3/t13-,14-,15-,16-,17-,24?/m0/s1/i7D. The first-order valence-corrected chi connectivity index (χ1v) is 9.75. The van der Waals surface area contributed by atoms with Crippen molar-refractivity contribution in [3.63, 3.8) is 0 Å². The first-order chi connectivity index (χ1) is 11.8. The first-order valence-electron chi connectivity index (χ1n) is 9.33. The Hall–Kier alpha value is -0.280.